The predicted octanol–water partition coefficient (Wildman–Crippen LogP) is 2.08. The van der Waals surface area contributed by atoms with Gasteiger partial charge in [0, 0.05) is 17.4 Å². The van der Waals surface area contributed by atoms with Gasteiger partial charge < -0.3 is 4.90 Å². The topological polar surface area (TPSA) is 49.4 Å². The number of benzene rings is 1. The van der Waals surface area contributed by atoms with Crippen LogP contribution in [0.4, 0.5) is 4.79 Å². The van der Waals surface area contributed by atoms with Crippen molar-refractivity contribution >= 4 is 27.9 Å². The molecule has 0 saturated carbocycles. The second kappa shape index (κ2) is 4.09. The van der Waals surface area contributed by atoms with E-state index in [1.54, 1.807) is 4.90 Å². The SMILES string of the molecule is O=C1NC(=O)C2(Cc3ccc(Br)cc3)CCCN12. The summed E-state index contributed by atoms with van der Waals surface area (Å²) in [5.41, 5.74) is 0.431. The lowest BCUT2D eigenvalue weighted by atomic mass is 9.88. The van der Waals surface area contributed by atoms with Crippen LogP contribution in [-0.2, 0) is 11.2 Å². The number of hydrogen-bond acceptors (Lipinski definition) is 2. The average molecular weight is 309 g/mol. The molecule has 2 saturated heterocycles. The van der Waals surface area contributed by atoms with Gasteiger partial charge in [-0.15, -0.1) is 0 Å². The lowest BCUT2D eigenvalue weighted by Crippen LogP contribution is -2.46. The standard InChI is InChI=1S/C13H13BrN2O2/c14-10-4-2-9(3-5-10)8-13-6-1-7-16(13)12(18)15-11(13)17/h2-5H,1,6-8H2,(H,15,17,18). The van der Waals surface area contributed by atoms with Gasteiger partial charge in [-0.25, -0.2) is 4.79 Å². The van der Waals surface area contributed by atoms with E-state index in [2.05, 4.69) is 21.2 Å². The summed E-state index contributed by atoms with van der Waals surface area (Å²) in [6.45, 7) is 0.675. The molecule has 2 aliphatic rings. The van der Waals surface area contributed by atoms with Crippen molar-refractivity contribution in [3.63, 3.8) is 0 Å². The summed E-state index contributed by atoms with van der Waals surface area (Å²) in [4.78, 5) is 25.5. The molecule has 3 rings (SSSR count). The van der Waals surface area contributed by atoms with Crippen LogP contribution in [0.5, 0.6) is 0 Å². The number of nitrogens with one attached hydrogen (secondary N) is 1. The molecule has 1 aromatic rings. The fraction of sp³-hybridized carbons (Fsp3) is 0.385. The number of urea groups is 1. The second-order valence-corrected chi connectivity index (χ2v) is 5.76. The normalized spacial score (nSPS) is 26.4. The first-order chi connectivity index (χ1) is 8.62. The van der Waals surface area contributed by atoms with E-state index < -0.39 is 5.54 Å². The molecule has 2 heterocycles. The predicted molar refractivity (Wildman–Crippen MR) is 70.1 cm³/mol. The molecular weight excluding hydrogens is 296 g/mol. The van der Waals surface area contributed by atoms with Crippen molar-refractivity contribution < 1.29 is 9.59 Å². The Labute approximate surface area is 113 Å². The molecule has 1 aromatic carbocycles. The number of carbonyl (C=O) groups excluding carboxylic acids is 2. The van der Waals surface area contributed by atoms with Crippen LogP contribution in [0.15, 0.2) is 28.7 Å². The van der Waals surface area contributed by atoms with Crippen molar-refractivity contribution in [1.29, 1.82) is 0 Å². The molecule has 0 spiro atoms. The van der Waals surface area contributed by atoms with Crippen molar-refractivity contribution in [2.24, 2.45) is 0 Å². The molecule has 3 amide bonds. The summed E-state index contributed by atoms with van der Waals surface area (Å²) in [6.07, 6.45) is 2.24. The Morgan fingerprint density at radius 3 is 2.72 bits per heavy atom. The lowest BCUT2D eigenvalue weighted by molar-refractivity contribution is -0.125. The molecule has 0 aromatic heterocycles. The van der Waals surface area contributed by atoms with Crippen LogP contribution < -0.4 is 5.32 Å². The Bertz CT molecular complexity index is 514. The van der Waals surface area contributed by atoms with Crippen molar-refractivity contribution in [3.05, 3.63) is 34.3 Å². The third-order valence-corrected chi connectivity index (χ3v) is 4.32. The van der Waals surface area contributed by atoms with Gasteiger partial charge in [-0.1, -0.05) is 28.1 Å². The zero-order valence-electron chi connectivity index (χ0n) is 9.78. The van der Waals surface area contributed by atoms with Crippen molar-refractivity contribution in [3.8, 4) is 0 Å². The highest BCUT2D eigenvalue weighted by molar-refractivity contribution is 9.10. The first-order valence-electron chi connectivity index (χ1n) is 5.99. The van der Waals surface area contributed by atoms with E-state index in [0.717, 1.165) is 22.9 Å². The monoisotopic (exact) mass is 308 g/mol. The molecule has 0 radical (unpaired) electrons. The Hall–Kier alpha value is -1.36. The number of halogens is 1. The van der Waals surface area contributed by atoms with Crippen molar-refractivity contribution in [1.82, 2.24) is 10.2 Å². The smallest absolute Gasteiger partial charge is 0.309 e. The fourth-order valence-electron chi connectivity index (χ4n) is 2.90. The number of nitrogens with zero attached hydrogens (tertiary/aromatic N) is 1. The molecule has 18 heavy (non-hydrogen) atoms. The first-order valence-corrected chi connectivity index (χ1v) is 6.79. The van der Waals surface area contributed by atoms with Gasteiger partial charge in [0.25, 0.3) is 5.91 Å². The molecule has 1 unspecified atom stereocenters. The van der Waals surface area contributed by atoms with Crippen molar-refractivity contribution in [2.45, 2.75) is 24.8 Å². The Morgan fingerprint density at radius 1 is 1.28 bits per heavy atom. The molecule has 1 atom stereocenters. The van der Waals surface area contributed by atoms with E-state index in [9.17, 15) is 9.59 Å². The number of fused-ring (bicyclic) bond motifs is 1. The van der Waals surface area contributed by atoms with Crippen molar-refractivity contribution in [2.75, 3.05) is 6.54 Å². The van der Waals surface area contributed by atoms with Gasteiger partial charge in [0.05, 0.1) is 0 Å². The maximum absolute atomic E-state index is 12.1. The van der Waals surface area contributed by atoms with Gasteiger partial charge in [-0.05, 0) is 30.5 Å². The molecule has 2 fully saturated rings. The van der Waals surface area contributed by atoms with Gasteiger partial charge in [0.1, 0.15) is 5.54 Å². The maximum Gasteiger partial charge on any atom is 0.325 e. The minimum absolute atomic E-state index is 0.145. The number of amides is 3. The zero-order valence-corrected chi connectivity index (χ0v) is 11.4. The van der Waals surface area contributed by atoms with E-state index in [1.807, 2.05) is 24.3 Å². The van der Waals surface area contributed by atoms with Crippen LogP contribution in [0.1, 0.15) is 18.4 Å². The van der Waals surface area contributed by atoms with Crippen LogP contribution in [-0.4, -0.2) is 28.9 Å². The molecule has 1 N–H and O–H groups in total. The maximum atomic E-state index is 12.1. The third kappa shape index (κ3) is 1.65. The summed E-state index contributed by atoms with van der Waals surface area (Å²) in [6, 6.07) is 7.66. The number of carbonyl (C=O) groups is 2. The van der Waals surface area contributed by atoms with E-state index in [1.165, 1.54) is 0 Å². The van der Waals surface area contributed by atoms with Gasteiger partial charge >= 0.3 is 6.03 Å². The molecule has 4 nitrogen and oxygen atoms in total. The molecule has 94 valence electrons. The largest absolute Gasteiger partial charge is 0.325 e. The Balaban J connectivity index is 1.92. The average Bonchev–Trinajstić information content (AvgIpc) is 2.85. The van der Waals surface area contributed by atoms with E-state index in [4.69, 9.17) is 0 Å². The van der Waals surface area contributed by atoms with Gasteiger partial charge in [0.2, 0.25) is 0 Å². The molecule has 5 heteroatoms. The minimum atomic E-state index is -0.648. The van der Waals surface area contributed by atoms with E-state index in [-0.39, 0.29) is 11.9 Å². The zero-order chi connectivity index (χ0) is 12.8. The Morgan fingerprint density at radius 2 is 2.00 bits per heavy atom. The number of rotatable bonds is 2. The summed E-state index contributed by atoms with van der Waals surface area (Å²) < 4.78 is 1.01. The third-order valence-electron chi connectivity index (χ3n) is 3.79. The van der Waals surface area contributed by atoms with Crippen LogP contribution in [0, 0.1) is 0 Å². The number of imide groups is 1. The number of hydrogen-bond donors (Lipinski definition) is 1. The van der Waals surface area contributed by atoms with Gasteiger partial charge in [0.15, 0.2) is 0 Å². The fourth-order valence-corrected chi connectivity index (χ4v) is 3.16. The second-order valence-electron chi connectivity index (χ2n) is 4.85. The van der Waals surface area contributed by atoms with Gasteiger partial charge in [-0.2, -0.15) is 0 Å². The van der Waals surface area contributed by atoms with Crippen LogP contribution in [0.25, 0.3) is 0 Å². The van der Waals surface area contributed by atoms with E-state index >= 15 is 0 Å². The Kier molecular flexibility index (Phi) is 2.66. The molecule has 0 bridgehead atoms. The molecule has 2 aliphatic heterocycles. The summed E-state index contributed by atoms with van der Waals surface area (Å²) in [5.74, 6) is -0.145. The first kappa shape index (κ1) is 11.7. The van der Waals surface area contributed by atoms with Crippen LogP contribution >= 0.6 is 15.9 Å². The highest BCUT2D eigenvalue weighted by Gasteiger charge is 2.55. The summed E-state index contributed by atoms with van der Waals surface area (Å²) >= 11 is 3.39. The summed E-state index contributed by atoms with van der Waals surface area (Å²) in [5, 5.41) is 2.43. The van der Waals surface area contributed by atoms with Crippen LogP contribution in [0.2, 0.25) is 0 Å². The van der Waals surface area contributed by atoms with Crippen LogP contribution in [0.3, 0.4) is 0 Å². The summed E-state index contributed by atoms with van der Waals surface area (Å²) in [7, 11) is 0. The van der Waals surface area contributed by atoms with E-state index in [0.29, 0.717) is 13.0 Å². The minimum Gasteiger partial charge on any atom is -0.309 e. The highest BCUT2D eigenvalue weighted by atomic mass is 79.9. The molecular formula is C13H13BrN2O2. The molecule has 0 aliphatic carbocycles. The lowest BCUT2D eigenvalue weighted by Gasteiger charge is -2.28. The quantitative estimate of drug-likeness (QED) is 0.850. The highest BCUT2D eigenvalue weighted by Crippen LogP contribution is 2.36. The van der Waals surface area contributed by atoms with Gasteiger partial charge in [-0.3, -0.25) is 10.1 Å².